The molecular weight excluding hydrogens is 442 g/mol. The van der Waals surface area contributed by atoms with Crippen LogP contribution >= 0.6 is 0 Å². The second-order valence-electron chi connectivity index (χ2n) is 11.2. The highest BCUT2D eigenvalue weighted by molar-refractivity contribution is 6.77. The Morgan fingerprint density at radius 2 is 1.54 bits per heavy atom. The fraction of sp³-hybridized carbons (Fsp3) is 0.281. The predicted molar refractivity (Wildman–Crippen MR) is 150 cm³/mol. The van der Waals surface area contributed by atoms with E-state index in [9.17, 15) is 0 Å². The van der Waals surface area contributed by atoms with Crippen LogP contribution in [0.25, 0.3) is 44.3 Å². The van der Waals surface area contributed by atoms with Crippen LogP contribution in [0.15, 0.2) is 83.4 Å². The van der Waals surface area contributed by atoms with Crippen LogP contribution in [-0.2, 0) is 7.05 Å². The van der Waals surface area contributed by atoms with Gasteiger partial charge in [0.25, 0.3) is 0 Å². The van der Waals surface area contributed by atoms with Gasteiger partial charge in [0.2, 0.25) is 5.69 Å². The summed E-state index contributed by atoms with van der Waals surface area (Å²) in [5.41, 5.74) is 9.42. The van der Waals surface area contributed by atoms with E-state index in [0.717, 1.165) is 17.1 Å². The number of benzene rings is 3. The molecule has 0 aliphatic carbocycles. The first-order chi connectivity index (χ1) is 16.9. The van der Waals surface area contributed by atoms with Crippen molar-refractivity contribution in [2.45, 2.75) is 50.9 Å². The first-order valence-electron chi connectivity index (χ1n) is 12.9. The van der Waals surface area contributed by atoms with E-state index in [2.05, 4.69) is 111 Å². The van der Waals surface area contributed by atoms with Crippen molar-refractivity contribution >= 4 is 30.0 Å². The highest BCUT2D eigenvalue weighted by atomic mass is 28.3. The summed E-state index contributed by atoms with van der Waals surface area (Å²) < 4.78 is 8.89. The number of aromatic nitrogens is 1. The molecular formula is C32H34NOSi+. The second kappa shape index (κ2) is 8.49. The summed E-state index contributed by atoms with van der Waals surface area (Å²) in [4.78, 5) is 0. The molecule has 1 aliphatic rings. The standard InChI is InChI=1S/C32H34NOSi/c1-22-11-16-28-27-9-7-8-26(31(27)34-32(28)30(22)29-10-5-6-19-33(29)2)25-14-12-23(13-15-25)24-17-20-35(3,4)21-18-24/h5-16,19,24H,17-18,20-21H2,1-4H3/q+1. The van der Waals surface area contributed by atoms with E-state index in [4.69, 9.17) is 4.42 Å². The monoisotopic (exact) mass is 476 g/mol. The van der Waals surface area contributed by atoms with Crippen LogP contribution in [0.5, 0.6) is 0 Å². The third-order valence-electron chi connectivity index (χ3n) is 8.22. The quantitative estimate of drug-likeness (QED) is 0.188. The summed E-state index contributed by atoms with van der Waals surface area (Å²) in [7, 11) is 1.17. The summed E-state index contributed by atoms with van der Waals surface area (Å²) in [5.74, 6) is 0.726. The van der Waals surface area contributed by atoms with Gasteiger partial charge in [0.05, 0.1) is 5.56 Å². The van der Waals surface area contributed by atoms with Crippen molar-refractivity contribution in [1.29, 1.82) is 0 Å². The van der Waals surface area contributed by atoms with Gasteiger partial charge in [-0.15, -0.1) is 0 Å². The minimum absolute atomic E-state index is 0.726. The molecule has 0 spiro atoms. The number of nitrogens with zero attached hydrogens (tertiary/aromatic N) is 1. The smallest absolute Gasteiger partial charge is 0.216 e. The molecule has 0 atom stereocenters. The van der Waals surface area contributed by atoms with Crippen molar-refractivity contribution in [2.75, 3.05) is 0 Å². The molecule has 5 aromatic rings. The second-order valence-corrected chi connectivity index (χ2v) is 16.5. The summed E-state index contributed by atoms with van der Waals surface area (Å²) in [6, 6.07) is 29.6. The zero-order valence-electron chi connectivity index (χ0n) is 21.3. The zero-order chi connectivity index (χ0) is 24.2. The molecule has 0 saturated carbocycles. The lowest BCUT2D eigenvalue weighted by Crippen LogP contribution is -2.30. The Labute approximate surface area is 209 Å². The van der Waals surface area contributed by atoms with Crippen LogP contribution in [0.3, 0.4) is 0 Å². The maximum absolute atomic E-state index is 6.72. The summed E-state index contributed by atoms with van der Waals surface area (Å²) in [5, 5.41) is 2.36. The first kappa shape index (κ1) is 22.3. The highest BCUT2D eigenvalue weighted by Crippen LogP contribution is 2.42. The van der Waals surface area contributed by atoms with Gasteiger partial charge in [-0.25, -0.2) is 4.57 Å². The molecule has 0 amide bonds. The Morgan fingerprint density at radius 1 is 0.800 bits per heavy atom. The average Bonchev–Trinajstić information content (AvgIpc) is 3.24. The number of hydrogen-bond donors (Lipinski definition) is 0. The summed E-state index contributed by atoms with van der Waals surface area (Å²) in [6.07, 6.45) is 4.81. The number of hydrogen-bond acceptors (Lipinski definition) is 1. The molecule has 3 heterocycles. The topological polar surface area (TPSA) is 17.0 Å². The number of pyridine rings is 1. The molecule has 3 aromatic carbocycles. The van der Waals surface area contributed by atoms with E-state index in [1.165, 1.54) is 69.2 Å². The van der Waals surface area contributed by atoms with Crippen LogP contribution in [0.2, 0.25) is 25.2 Å². The molecule has 2 nitrogen and oxygen atoms in total. The average molecular weight is 477 g/mol. The minimum Gasteiger partial charge on any atom is -0.454 e. The van der Waals surface area contributed by atoms with Crippen LogP contribution in [0.1, 0.15) is 29.9 Å². The van der Waals surface area contributed by atoms with Crippen molar-refractivity contribution in [3.8, 4) is 22.4 Å². The third-order valence-corrected chi connectivity index (χ3v) is 11.5. The molecule has 1 fully saturated rings. The lowest BCUT2D eigenvalue weighted by atomic mass is 9.91. The number of furan rings is 1. The van der Waals surface area contributed by atoms with E-state index in [1.54, 1.807) is 0 Å². The Morgan fingerprint density at radius 3 is 2.29 bits per heavy atom. The molecule has 6 rings (SSSR count). The van der Waals surface area contributed by atoms with Crippen LogP contribution in [0, 0.1) is 6.92 Å². The number of rotatable bonds is 3. The van der Waals surface area contributed by atoms with Gasteiger partial charge in [-0.1, -0.05) is 79.8 Å². The molecule has 2 aromatic heterocycles. The number of aryl methyl sites for hydroxylation is 2. The van der Waals surface area contributed by atoms with E-state index in [1.807, 2.05) is 0 Å². The van der Waals surface area contributed by atoms with Crippen LogP contribution < -0.4 is 4.57 Å². The third kappa shape index (κ3) is 3.92. The van der Waals surface area contributed by atoms with E-state index < -0.39 is 8.07 Å². The Balaban J connectivity index is 1.44. The lowest BCUT2D eigenvalue weighted by Gasteiger charge is -2.33. The van der Waals surface area contributed by atoms with Crippen LogP contribution in [0.4, 0.5) is 0 Å². The number of fused-ring (bicyclic) bond motifs is 3. The van der Waals surface area contributed by atoms with Gasteiger partial charge in [-0.05, 0) is 48.4 Å². The molecule has 0 N–H and O–H groups in total. The number of para-hydroxylation sites is 1. The predicted octanol–water partition coefficient (Wildman–Crippen LogP) is 8.64. The van der Waals surface area contributed by atoms with Crippen molar-refractivity contribution in [1.82, 2.24) is 0 Å². The van der Waals surface area contributed by atoms with Crippen molar-refractivity contribution < 1.29 is 8.98 Å². The summed E-state index contributed by atoms with van der Waals surface area (Å²) in [6.45, 7) is 7.26. The van der Waals surface area contributed by atoms with Gasteiger partial charge < -0.3 is 4.42 Å². The fourth-order valence-electron chi connectivity index (χ4n) is 5.96. The SMILES string of the molecule is Cc1ccc2c(oc3c(-c4ccc(C5CC[Si](C)(C)CC5)cc4)cccc32)c1-c1cccc[n+]1C. The van der Waals surface area contributed by atoms with E-state index in [0.29, 0.717) is 0 Å². The zero-order valence-corrected chi connectivity index (χ0v) is 22.3. The van der Waals surface area contributed by atoms with Crippen molar-refractivity contribution in [3.63, 3.8) is 0 Å². The Bertz CT molecular complexity index is 1530. The van der Waals surface area contributed by atoms with Crippen molar-refractivity contribution in [3.05, 3.63) is 90.1 Å². The fourth-order valence-corrected chi connectivity index (χ4v) is 8.47. The summed E-state index contributed by atoms with van der Waals surface area (Å²) >= 11 is 0. The van der Waals surface area contributed by atoms with E-state index >= 15 is 0 Å². The van der Waals surface area contributed by atoms with Gasteiger partial charge in [-0.2, -0.15) is 0 Å². The van der Waals surface area contributed by atoms with Crippen LogP contribution in [-0.4, -0.2) is 8.07 Å². The molecule has 0 bridgehead atoms. The normalized spacial score (nSPS) is 16.2. The van der Waals surface area contributed by atoms with Crippen molar-refractivity contribution in [2.24, 2.45) is 7.05 Å². The van der Waals surface area contributed by atoms with Gasteiger partial charge in [-0.3, -0.25) is 0 Å². The maximum atomic E-state index is 6.72. The minimum atomic E-state index is -0.927. The van der Waals surface area contributed by atoms with E-state index in [-0.39, 0.29) is 0 Å². The Kier molecular flexibility index (Phi) is 5.41. The van der Waals surface area contributed by atoms with Gasteiger partial charge in [0.15, 0.2) is 6.20 Å². The molecule has 1 aliphatic heterocycles. The molecule has 0 unspecified atom stereocenters. The van der Waals surface area contributed by atoms with Gasteiger partial charge >= 0.3 is 0 Å². The lowest BCUT2D eigenvalue weighted by molar-refractivity contribution is -0.660. The molecule has 176 valence electrons. The maximum Gasteiger partial charge on any atom is 0.216 e. The first-order valence-corrected chi connectivity index (χ1v) is 16.3. The molecule has 35 heavy (non-hydrogen) atoms. The highest BCUT2D eigenvalue weighted by Gasteiger charge is 2.29. The molecule has 0 radical (unpaired) electrons. The molecule has 1 saturated heterocycles. The van der Waals surface area contributed by atoms with Gasteiger partial charge in [0.1, 0.15) is 18.2 Å². The molecule has 3 heteroatoms. The van der Waals surface area contributed by atoms with Gasteiger partial charge in [0, 0.05) is 36.5 Å². The largest absolute Gasteiger partial charge is 0.454 e. The Hall–Kier alpha value is -3.17.